The van der Waals surface area contributed by atoms with Crippen LogP contribution in [0.3, 0.4) is 0 Å². The Kier molecular flexibility index (Phi) is 6.12. The smallest absolute Gasteiger partial charge is 0.258 e. The largest absolute Gasteiger partial charge is 0.339 e. The fourth-order valence-corrected chi connectivity index (χ4v) is 4.69. The molecule has 3 aromatic heterocycles. The summed E-state index contributed by atoms with van der Waals surface area (Å²) in [6, 6.07) is 11.3. The van der Waals surface area contributed by atoms with Crippen LogP contribution >= 0.6 is 0 Å². The van der Waals surface area contributed by atoms with Crippen molar-refractivity contribution in [1.29, 1.82) is 0 Å². The van der Waals surface area contributed by atoms with Gasteiger partial charge in [0.25, 0.3) is 11.8 Å². The summed E-state index contributed by atoms with van der Waals surface area (Å²) < 4.78 is 3.69. The first-order valence-electron chi connectivity index (χ1n) is 11.7. The van der Waals surface area contributed by atoms with Crippen molar-refractivity contribution >= 4 is 23.0 Å². The van der Waals surface area contributed by atoms with E-state index in [0.29, 0.717) is 22.7 Å². The quantitative estimate of drug-likeness (QED) is 0.495. The van der Waals surface area contributed by atoms with E-state index < -0.39 is 0 Å². The maximum Gasteiger partial charge on any atom is 0.258 e. The molecule has 174 valence electrons. The number of carbonyl (C=O) groups excluding carboxylic acids is 2. The molecular weight excluding hydrogens is 428 g/mol. The van der Waals surface area contributed by atoms with Crippen molar-refractivity contribution in [2.45, 2.75) is 25.7 Å². The van der Waals surface area contributed by atoms with Gasteiger partial charge in [-0.05, 0) is 61.9 Å². The number of amides is 2. The Morgan fingerprint density at radius 1 is 1.09 bits per heavy atom. The highest BCUT2D eigenvalue weighted by molar-refractivity contribution is 6.04. The van der Waals surface area contributed by atoms with Gasteiger partial charge in [-0.3, -0.25) is 19.3 Å². The zero-order valence-corrected chi connectivity index (χ0v) is 19.2. The molecule has 0 bridgehead atoms. The number of nitrogens with one attached hydrogen (secondary N) is 1. The van der Waals surface area contributed by atoms with Gasteiger partial charge in [0.1, 0.15) is 0 Å². The summed E-state index contributed by atoms with van der Waals surface area (Å²) in [6.45, 7) is 1.46. The molecule has 0 aliphatic carbocycles. The highest BCUT2D eigenvalue weighted by Crippen LogP contribution is 2.24. The lowest BCUT2D eigenvalue weighted by molar-refractivity contribution is 0.0759. The number of nitrogens with zero attached hydrogens (tertiary/aromatic N) is 5. The molecule has 4 heterocycles. The maximum atomic E-state index is 13.3. The van der Waals surface area contributed by atoms with Crippen LogP contribution in [0.2, 0.25) is 0 Å². The molecule has 1 aromatic carbocycles. The highest BCUT2D eigenvalue weighted by atomic mass is 16.2. The van der Waals surface area contributed by atoms with Crippen LogP contribution in [0.25, 0.3) is 5.52 Å². The summed E-state index contributed by atoms with van der Waals surface area (Å²) in [7, 11) is 1.76. The molecular formula is C26H28N6O2. The van der Waals surface area contributed by atoms with E-state index in [-0.39, 0.29) is 11.8 Å². The molecule has 1 saturated heterocycles. The molecule has 2 amide bonds. The SMILES string of the molecule is Cn1cc(C(=O)Nc2cccc(C(=O)N3CCCC(Cc4nccn5cccc45)CC3)c2)cn1. The Labute approximate surface area is 198 Å². The van der Waals surface area contributed by atoms with Gasteiger partial charge in [0, 0.05) is 56.2 Å². The molecule has 4 aromatic rings. The highest BCUT2D eigenvalue weighted by Gasteiger charge is 2.23. The topological polar surface area (TPSA) is 84.5 Å². The van der Waals surface area contributed by atoms with Gasteiger partial charge in [-0.25, -0.2) is 0 Å². The Balaban J connectivity index is 1.22. The number of aromatic nitrogens is 4. The number of benzene rings is 1. The molecule has 1 atom stereocenters. The molecule has 0 saturated carbocycles. The van der Waals surface area contributed by atoms with Crippen molar-refractivity contribution in [2.24, 2.45) is 13.0 Å². The summed E-state index contributed by atoms with van der Waals surface area (Å²) >= 11 is 0. The predicted molar refractivity (Wildman–Crippen MR) is 130 cm³/mol. The number of aryl methyl sites for hydroxylation is 1. The van der Waals surface area contributed by atoms with Crippen LogP contribution in [-0.4, -0.2) is 49.0 Å². The number of carbonyl (C=O) groups is 2. The van der Waals surface area contributed by atoms with Gasteiger partial charge in [0.2, 0.25) is 0 Å². The molecule has 1 unspecified atom stereocenters. The molecule has 0 radical (unpaired) electrons. The van der Waals surface area contributed by atoms with Crippen LogP contribution in [0.4, 0.5) is 5.69 Å². The van der Waals surface area contributed by atoms with Gasteiger partial charge in [0.05, 0.1) is 23.0 Å². The molecule has 1 aliphatic rings. The first kappa shape index (κ1) is 21.9. The second-order valence-corrected chi connectivity index (χ2v) is 8.91. The lowest BCUT2D eigenvalue weighted by Gasteiger charge is -2.21. The minimum Gasteiger partial charge on any atom is -0.339 e. The monoisotopic (exact) mass is 456 g/mol. The number of hydrogen-bond acceptors (Lipinski definition) is 4. The van der Waals surface area contributed by atoms with E-state index in [0.717, 1.165) is 50.0 Å². The van der Waals surface area contributed by atoms with E-state index >= 15 is 0 Å². The van der Waals surface area contributed by atoms with E-state index in [1.54, 1.807) is 36.1 Å². The Hall–Kier alpha value is -3.94. The van der Waals surface area contributed by atoms with Crippen LogP contribution in [-0.2, 0) is 13.5 Å². The van der Waals surface area contributed by atoms with E-state index in [4.69, 9.17) is 0 Å². The first-order chi connectivity index (χ1) is 16.6. The minimum atomic E-state index is -0.248. The lowest BCUT2D eigenvalue weighted by atomic mass is 9.95. The van der Waals surface area contributed by atoms with Crippen molar-refractivity contribution in [3.8, 4) is 0 Å². The molecule has 1 aliphatic heterocycles. The van der Waals surface area contributed by atoms with Crippen LogP contribution in [0.1, 0.15) is 45.7 Å². The lowest BCUT2D eigenvalue weighted by Crippen LogP contribution is -2.32. The van der Waals surface area contributed by atoms with Gasteiger partial charge >= 0.3 is 0 Å². The zero-order chi connectivity index (χ0) is 23.5. The Morgan fingerprint density at radius 2 is 2.00 bits per heavy atom. The van der Waals surface area contributed by atoms with Gasteiger partial charge in [-0.15, -0.1) is 0 Å². The number of anilines is 1. The first-order valence-corrected chi connectivity index (χ1v) is 11.7. The molecule has 8 nitrogen and oxygen atoms in total. The molecule has 0 spiro atoms. The minimum absolute atomic E-state index is 0.00458. The third kappa shape index (κ3) is 4.71. The van der Waals surface area contributed by atoms with Crippen LogP contribution in [0.5, 0.6) is 0 Å². The Morgan fingerprint density at radius 3 is 2.85 bits per heavy atom. The van der Waals surface area contributed by atoms with Gasteiger partial charge in [-0.1, -0.05) is 6.07 Å². The molecule has 1 N–H and O–H groups in total. The van der Waals surface area contributed by atoms with Crippen molar-refractivity contribution < 1.29 is 9.59 Å². The van der Waals surface area contributed by atoms with E-state index in [9.17, 15) is 9.59 Å². The third-order valence-electron chi connectivity index (χ3n) is 6.48. The second kappa shape index (κ2) is 9.51. The van der Waals surface area contributed by atoms with Crippen molar-refractivity contribution in [3.05, 3.63) is 84.2 Å². The maximum absolute atomic E-state index is 13.3. The second-order valence-electron chi connectivity index (χ2n) is 8.91. The summed E-state index contributed by atoms with van der Waals surface area (Å²) in [4.78, 5) is 32.3. The van der Waals surface area contributed by atoms with Crippen molar-refractivity contribution in [2.75, 3.05) is 18.4 Å². The molecule has 8 heteroatoms. The molecule has 1 fully saturated rings. The van der Waals surface area contributed by atoms with Crippen molar-refractivity contribution in [3.63, 3.8) is 0 Å². The van der Waals surface area contributed by atoms with E-state index in [1.807, 2.05) is 35.6 Å². The van der Waals surface area contributed by atoms with Gasteiger partial charge in [0.15, 0.2) is 0 Å². The standard InChI is InChI=1S/C26H28N6O2/c1-30-18-21(17-28-30)25(33)29-22-7-2-6-20(16-22)26(34)32-12-3-5-19(9-13-32)15-23-24-8-4-11-31(24)14-10-27-23/h2,4,6-8,10-11,14,16-19H,3,5,9,12-13,15H2,1H3,(H,29,33). The van der Waals surface area contributed by atoms with E-state index in [1.165, 1.54) is 6.20 Å². The summed E-state index contributed by atoms with van der Waals surface area (Å²) in [6.07, 6.45) is 13.0. The fourth-order valence-electron chi connectivity index (χ4n) is 4.69. The van der Waals surface area contributed by atoms with Crippen molar-refractivity contribution in [1.82, 2.24) is 24.1 Å². The third-order valence-corrected chi connectivity index (χ3v) is 6.48. The average Bonchev–Trinajstić information content (AvgIpc) is 3.44. The summed E-state index contributed by atoms with van der Waals surface area (Å²) in [5, 5.41) is 6.89. The van der Waals surface area contributed by atoms with E-state index in [2.05, 4.69) is 25.9 Å². The summed E-state index contributed by atoms with van der Waals surface area (Å²) in [5.41, 5.74) is 3.93. The molecule has 34 heavy (non-hydrogen) atoms. The van der Waals surface area contributed by atoms with Gasteiger partial charge < -0.3 is 14.6 Å². The molecule has 5 rings (SSSR count). The van der Waals surface area contributed by atoms with Gasteiger partial charge in [-0.2, -0.15) is 5.10 Å². The normalized spacial score (nSPS) is 16.4. The van der Waals surface area contributed by atoms with Crippen LogP contribution in [0, 0.1) is 5.92 Å². The fraction of sp³-hybridized carbons (Fsp3) is 0.308. The number of likely N-dealkylation sites (tertiary alicyclic amines) is 1. The Bertz CT molecular complexity index is 1320. The summed E-state index contributed by atoms with van der Waals surface area (Å²) in [5.74, 6) is 0.253. The zero-order valence-electron chi connectivity index (χ0n) is 19.2. The average molecular weight is 457 g/mol. The number of rotatable bonds is 5. The number of fused-ring (bicyclic) bond motifs is 1. The van der Waals surface area contributed by atoms with Crippen LogP contribution in [0.15, 0.2) is 67.4 Å². The number of hydrogen-bond donors (Lipinski definition) is 1. The predicted octanol–water partition coefficient (Wildman–Crippen LogP) is 3.81. The van der Waals surface area contributed by atoms with Crippen LogP contribution < -0.4 is 5.32 Å².